The van der Waals surface area contributed by atoms with Crippen molar-refractivity contribution in [2.24, 2.45) is 5.92 Å². The molecule has 1 aliphatic rings. The lowest BCUT2D eigenvalue weighted by molar-refractivity contribution is 0.0695. The van der Waals surface area contributed by atoms with Crippen molar-refractivity contribution in [1.29, 1.82) is 0 Å². The second kappa shape index (κ2) is 5.63. The van der Waals surface area contributed by atoms with Crippen LogP contribution in [0.25, 0.3) is 0 Å². The Labute approximate surface area is 114 Å². The minimum absolute atomic E-state index is 0.0225. The third-order valence-electron chi connectivity index (χ3n) is 4.05. The van der Waals surface area contributed by atoms with Crippen LogP contribution < -0.4 is 5.73 Å². The Morgan fingerprint density at radius 2 is 2.16 bits per heavy atom. The van der Waals surface area contributed by atoms with Gasteiger partial charge in [0, 0.05) is 19.6 Å². The molecule has 0 saturated heterocycles. The first-order valence-corrected chi connectivity index (χ1v) is 7.20. The van der Waals surface area contributed by atoms with E-state index in [2.05, 4.69) is 5.10 Å². The van der Waals surface area contributed by atoms with Crippen LogP contribution in [-0.2, 0) is 6.54 Å². The molecule has 1 amide bonds. The molecule has 5 nitrogen and oxygen atoms in total. The molecule has 1 heterocycles. The monoisotopic (exact) mass is 264 g/mol. The first kappa shape index (κ1) is 13.9. The number of aryl methyl sites for hydroxylation is 2. The van der Waals surface area contributed by atoms with Gasteiger partial charge in [-0.2, -0.15) is 5.10 Å². The van der Waals surface area contributed by atoms with Gasteiger partial charge < -0.3 is 10.6 Å². The number of anilines is 1. The molecule has 0 spiro atoms. The molecule has 19 heavy (non-hydrogen) atoms. The SMILES string of the molecule is CCN(CC1CCC1)C(=O)c1c(N)c(C)nn1CC. The molecule has 5 heteroatoms. The summed E-state index contributed by atoms with van der Waals surface area (Å²) in [6.45, 7) is 8.09. The van der Waals surface area contributed by atoms with Gasteiger partial charge in [-0.15, -0.1) is 0 Å². The minimum Gasteiger partial charge on any atom is -0.395 e. The Kier molecular flexibility index (Phi) is 4.12. The normalized spacial score (nSPS) is 15.3. The van der Waals surface area contributed by atoms with Crippen molar-refractivity contribution in [3.8, 4) is 0 Å². The highest BCUT2D eigenvalue weighted by atomic mass is 16.2. The van der Waals surface area contributed by atoms with Gasteiger partial charge in [0.1, 0.15) is 5.69 Å². The molecule has 0 unspecified atom stereocenters. The van der Waals surface area contributed by atoms with Crippen molar-refractivity contribution in [2.75, 3.05) is 18.8 Å². The first-order valence-electron chi connectivity index (χ1n) is 7.20. The Hall–Kier alpha value is -1.52. The summed E-state index contributed by atoms with van der Waals surface area (Å²) < 4.78 is 1.72. The van der Waals surface area contributed by atoms with E-state index in [-0.39, 0.29) is 5.91 Å². The Morgan fingerprint density at radius 1 is 1.47 bits per heavy atom. The van der Waals surface area contributed by atoms with Crippen molar-refractivity contribution in [3.05, 3.63) is 11.4 Å². The smallest absolute Gasteiger partial charge is 0.274 e. The highest BCUT2D eigenvalue weighted by Crippen LogP contribution is 2.28. The molecule has 2 rings (SSSR count). The van der Waals surface area contributed by atoms with E-state index >= 15 is 0 Å². The van der Waals surface area contributed by atoms with Crippen molar-refractivity contribution < 1.29 is 4.79 Å². The maximum Gasteiger partial charge on any atom is 0.274 e. The fourth-order valence-corrected chi connectivity index (χ4v) is 2.54. The van der Waals surface area contributed by atoms with Crippen LogP contribution in [0.15, 0.2) is 0 Å². The van der Waals surface area contributed by atoms with Crippen molar-refractivity contribution in [1.82, 2.24) is 14.7 Å². The number of nitrogens with two attached hydrogens (primary N) is 1. The van der Waals surface area contributed by atoms with E-state index in [9.17, 15) is 4.79 Å². The molecule has 0 bridgehead atoms. The Morgan fingerprint density at radius 3 is 2.63 bits per heavy atom. The lowest BCUT2D eigenvalue weighted by Crippen LogP contribution is -2.38. The predicted octanol–water partition coefficient (Wildman–Crippen LogP) is 2.06. The molecule has 0 radical (unpaired) electrons. The second-order valence-corrected chi connectivity index (χ2v) is 5.30. The summed E-state index contributed by atoms with van der Waals surface area (Å²) in [5.41, 5.74) is 7.84. The molecule has 1 aliphatic carbocycles. The molecule has 0 aromatic carbocycles. The van der Waals surface area contributed by atoms with E-state index in [1.54, 1.807) is 4.68 Å². The average molecular weight is 264 g/mol. The summed E-state index contributed by atoms with van der Waals surface area (Å²) in [4.78, 5) is 14.6. The number of hydrogen-bond donors (Lipinski definition) is 1. The van der Waals surface area contributed by atoms with Gasteiger partial charge in [-0.1, -0.05) is 6.42 Å². The quantitative estimate of drug-likeness (QED) is 0.885. The van der Waals surface area contributed by atoms with E-state index in [0.29, 0.717) is 23.8 Å². The van der Waals surface area contributed by atoms with E-state index < -0.39 is 0 Å². The van der Waals surface area contributed by atoms with E-state index in [0.717, 1.165) is 18.8 Å². The first-order chi connectivity index (χ1) is 9.08. The van der Waals surface area contributed by atoms with Crippen LogP contribution in [0.1, 0.15) is 49.3 Å². The molecule has 1 aromatic heterocycles. The summed E-state index contributed by atoms with van der Waals surface area (Å²) >= 11 is 0. The molecule has 1 saturated carbocycles. The molecule has 106 valence electrons. The van der Waals surface area contributed by atoms with Gasteiger partial charge in [0.05, 0.1) is 11.4 Å². The number of carbonyl (C=O) groups excluding carboxylic acids is 1. The van der Waals surface area contributed by atoms with Crippen LogP contribution in [0.5, 0.6) is 0 Å². The fourth-order valence-electron chi connectivity index (χ4n) is 2.54. The number of nitrogens with zero attached hydrogens (tertiary/aromatic N) is 3. The zero-order valence-corrected chi connectivity index (χ0v) is 12.1. The van der Waals surface area contributed by atoms with Crippen molar-refractivity contribution >= 4 is 11.6 Å². The third-order valence-corrected chi connectivity index (χ3v) is 4.05. The maximum absolute atomic E-state index is 12.7. The summed E-state index contributed by atoms with van der Waals surface area (Å²) in [5, 5.41) is 4.32. The van der Waals surface area contributed by atoms with Gasteiger partial charge in [0.2, 0.25) is 0 Å². The summed E-state index contributed by atoms with van der Waals surface area (Å²) in [6, 6.07) is 0. The molecule has 1 aromatic rings. The number of rotatable bonds is 5. The zero-order valence-electron chi connectivity index (χ0n) is 12.1. The zero-order chi connectivity index (χ0) is 14.0. The maximum atomic E-state index is 12.7. The predicted molar refractivity (Wildman–Crippen MR) is 76.0 cm³/mol. The van der Waals surface area contributed by atoms with Crippen molar-refractivity contribution in [2.45, 2.75) is 46.6 Å². The lowest BCUT2D eigenvalue weighted by atomic mass is 9.85. The van der Waals surface area contributed by atoms with E-state index in [1.165, 1.54) is 19.3 Å². The highest BCUT2D eigenvalue weighted by Gasteiger charge is 2.27. The number of aromatic nitrogens is 2. The highest BCUT2D eigenvalue weighted by molar-refractivity contribution is 5.98. The summed E-state index contributed by atoms with van der Waals surface area (Å²) in [6.07, 6.45) is 3.78. The number of hydrogen-bond acceptors (Lipinski definition) is 3. The lowest BCUT2D eigenvalue weighted by Gasteiger charge is -2.31. The molecular formula is C14H24N4O. The minimum atomic E-state index is 0.0225. The number of carbonyl (C=O) groups is 1. The van der Waals surface area contributed by atoms with Crippen molar-refractivity contribution in [3.63, 3.8) is 0 Å². The van der Waals surface area contributed by atoms with Gasteiger partial charge >= 0.3 is 0 Å². The fraction of sp³-hybridized carbons (Fsp3) is 0.714. The second-order valence-electron chi connectivity index (χ2n) is 5.30. The average Bonchev–Trinajstić information content (AvgIpc) is 2.63. The van der Waals surface area contributed by atoms with Gasteiger partial charge in [-0.05, 0) is 39.5 Å². The van der Waals surface area contributed by atoms with Crippen LogP contribution in [0, 0.1) is 12.8 Å². The van der Waals surface area contributed by atoms with Gasteiger partial charge in [-0.25, -0.2) is 0 Å². The van der Waals surface area contributed by atoms with Crippen LogP contribution in [0.3, 0.4) is 0 Å². The van der Waals surface area contributed by atoms with Crippen LogP contribution in [0.2, 0.25) is 0 Å². The largest absolute Gasteiger partial charge is 0.395 e. The van der Waals surface area contributed by atoms with E-state index in [1.807, 2.05) is 25.7 Å². The third kappa shape index (κ3) is 2.60. The topological polar surface area (TPSA) is 64.2 Å². The molecule has 0 atom stereocenters. The summed E-state index contributed by atoms with van der Waals surface area (Å²) in [5.74, 6) is 0.693. The number of nitrogen functional groups attached to an aromatic ring is 1. The van der Waals surface area contributed by atoms with E-state index in [4.69, 9.17) is 5.73 Å². The van der Waals surface area contributed by atoms with Gasteiger partial charge in [0.15, 0.2) is 0 Å². The Bertz CT molecular complexity index is 462. The van der Waals surface area contributed by atoms with Gasteiger partial charge in [0.25, 0.3) is 5.91 Å². The molecule has 2 N–H and O–H groups in total. The standard InChI is InChI=1S/C14H24N4O/c1-4-17(9-11-7-6-8-11)14(19)13-12(15)10(3)16-18(13)5-2/h11H,4-9,15H2,1-3H3. The van der Waals surface area contributed by atoms with Crippen LogP contribution >= 0.6 is 0 Å². The Balaban J connectivity index is 2.20. The number of amides is 1. The molecular weight excluding hydrogens is 240 g/mol. The molecule has 0 aliphatic heterocycles. The summed E-state index contributed by atoms with van der Waals surface area (Å²) in [7, 11) is 0. The van der Waals surface area contributed by atoms with Crippen LogP contribution in [0.4, 0.5) is 5.69 Å². The van der Waals surface area contributed by atoms with Crippen LogP contribution in [-0.4, -0.2) is 33.7 Å². The molecule has 1 fully saturated rings. The van der Waals surface area contributed by atoms with Gasteiger partial charge in [-0.3, -0.25) is 9.48 Å².